The molecule has 1 N–H and O–H groups in total. The molecule has 0 aromatic carbocycles. The Morgan fingerprint density at radius 1 is 1.44 bits per heavy atom. The molecule has 0 aliphatic heterocycles. The monoisotopic (exact) mass is 248 g/mol. The summed E-state index contributed by atoms with van der Waals surface area (Å²) in [6.07, 6.45) is 5.94. The highest BCUT2D eigenvalue weighted by Gasteiger charge is 2.01. The van der Waals surface area contributed by atoms with Gasteiger partial charge in [0.25, 0.3) is 0 Å². The minimum atomic E-state index is 0.680. The van der Waals surface area contributed by atoms with Gasteiger partial charge in [-0.25, -0.2) is 0 Å². The average Bonchev–Trinajstić information content (AvgIpc) is 3.02. The summed E-state index contributed by atoms with van der Waals surface area (Å²) in [4.78, 5) is 0. The lowest BCUT2D eigenvalue weighted by atomic mass is 10.4. The fourth-order valence-electron chi connectivity index (χ4n) is 1.87. The third-order valence-corrected chi connectivity index (χ3v) is 2.90. The van der Waals surface area contributed by atoms with Crippen molar-refractivity contribution in [3.05, 3.63) is 36.4 Å². The lowest BCUT2D eigenvalue weighted by molar-refractivity contribution is 0.183. The number of rotatable bonds is 7. The molecule has 0 spiro atoms. The normalized spacial score (nSPS) is 10.8. The molecule has 0 aliphatic carbocycles. The first kappa shape index (κ1) is 12.7. The lowest BCUT2D eigenvalue weighted by Gasteiger charge is -2.07. The summed E-state index contributed by atoms with van der Waals surface area (Å²) in [7, 11) is 1.70. The second-order valence-electron chi connectivity index (χ2n) is 4.12. The molecule has 0 saturated carbocycles. The van der Waals surface area contributed by atoms with Crippen LogP contribution >= 0.6 is 0 Å². The molecule has 2 heterocycles. The van der Waals surface area contributed by atoms with E-state index in [0.29, 0.717) is 6.61 Å². The van der Waals surface area contributed by atoms with Crippen molar-refractivity contribution in [2.24, 2.45) is 0 Å². The minimum absolute atomic E-state index is 0.680. The van der Waals surface area contributed by atoms with E-state index in [4.69, 9.17) is 4.74 Å². The van der Waals surface area contributed by atoms with Crippen LogP contribution in [0.4, 0.5) is 5.69 Å². The highest BCUT2D eigenvalue weighted by Crippen LogP contribution is 2.09. The number of hydrogen-bond donors (Lipinski definition) is 1. The van der Waals surface area contributed by atoms with E-state index in [2.05, 4.69) is 40.2 Å². The van der Waals surface area contributed by atoms with E-state index in [0.717, 1.165) is 25.3 Å². The Kier molecular flexibility index (Phi) is 4.41. The van der Waals surface area contributed by atoms with E-state index in [1.54, 1.807) is 7.11 Å². The first-order valence-corrected chi connectivity index (χ1v) is 6.22. The zero-order valence-electron chi connectivity index (χ0n) is 11.0. The number of methoxy groups -OCH3 is 1. The highest BCUT2D eigenvalue weighted by molar-refractivity contribution is 5.38. The van der Waals surface area contributed by atoms with Gasteiger partial charge in [-0.3, -0.25) is 4.68 Å². The topological polar surface area (TPSA) is 44.0 Å². The van der Waals surface area contributed by atoms with Gasteiger partial charge in [-0.15, -0.1) is 0 Å². The smallest absolute Gasteiger partial charge is 0.0729 e. The Bertz CT molecular complexity index is 475. The van der Waals surface area contributed by atoms with Crippen LogP contribution in [0, 0.1) is 0 Å². The van der Waals surface area contributed by atoms with Crippen LogP contribution in [0.25, 0.3) is 0 Å². The molecule has 5 nitrogen and oxygen atoms in total. The summed E-state index contributed by atoms with van der Waals surface area (Å²) in [6, 6.07) is 4.20. The molecule has 0 bridgehead atoms. The predicted octanol–water partition coefficient (Wildman–Crippen LogP) is 1.96. The summed E-state index contributed by atoms with van der Waals surface area (Å²) in [5.74, 6) is 0. The zero-order valence-corrected chi connectivity index (χ0v) is 11.0. The van der Waals surface area contributed by atoms with Crippen molar-refractivity contribution in [3.63, 3.8) is 0 Å². The highest BCUT2D eigenvalue weighted by atomic mass is 16.5. The molecule has 2 aromatic heterocycles. The molecular weight excluding hydrogens is 228 g/mol. The maximum atomic E-state index is 5.02. The van der Waals surface area contributed by atoms with E-state index < -0.39 is 0 Å². The molecule has 0 amide bonds. The summed E-state index contributed by atoms with van der Waals surface area (Å²) < 4.78 is 9.12. The Hall–Kier alpha value is -1.75. The van der Waals surface area contributed by atoms with Gasteiger partial charge in [0.1, 0.15) is 0 Å². The molecule has 5 heteroatoms. The molecule has 2 rings (SSSR count). The van der Waals surface area contributed by atoms with Crippen LogP contribution < -0.4 is 5.32 Å². The quantitative estimate of drug-likeness (QED) is 0.814. The Labute approximate surface area is 107 Å². The number of aryl methyl sites for hydroxylation is 1. The number of aromatic nitrogens is 3. The summed E-state index contributed by atoms with van der Waals surface area (Å²) in [5, 5.41) is 7.64. The zero-order chi connectivity index (χ0) is 12.8. The molecule has 0 atom stereocenters. The van der Waals surface area contributed by atoms with Gasteiger partial charge < -0.3 is 14.6 Å². The average molecular weight is 248 g/mol. The number of hydrogen-bond acceptors (Lipinski definition) is 3. The van der Waals surface area contributed by atoms with Crippen molar-refractivity contribution in [3.8, 4) is 0 Å². The van der Waals surface area contributed by atoms with Gasteiger partial charge in [-0.1, -0.05) is 0 Å². The van der Waals surface area contributed by atoms with Crippen molar-refractivity contribution in [2.45, 2.75) is 26.6 Å². The lowest BCUT2D eigenvalue weighted by Crippen LogP contribution is -2.06. The number of nitrogens with one attached hydrogen (secondary N) is 1. The fraction of sp³-hybridized carbons (Fsp3) is 0.462. The molecule has 18 heavy (non-hydrogen) atoms. The summed E-state index contributed by atoms with van der Waals surface area (Å²) >= 11 is 0. The maximum absolute atomic E-state index is 5.02. The Balaban J connectivity index is 1.88. The van der Waals surface area contributed by atoms with E-state index in [9.17, 15) is 0 Å². The third-order valence-electron chi connectivity index (χ3n) is 2.90. The minimum Gasteiger partial charge on any atom is -0.383 e. The van der Waals surface area contributed by atoms with Crippen LogP contribution in [0.2, 0.25) is 0 Å². The summed E-state index contributed by atoms with van der Waals surface area (Å²) in [6.45, 7) is 5.42. The number of anilines is 1. The van der Waals surface area contributed by atoms with Crippen molar-refractivity contribution in [2.75, 3.05) is 19.0 Å². The SMILES string of the molecule is CCn1cccc1CNc1cnn(CCOC)c1. The molecule has 98 valence electrons. The van der Waals surface area contributed by atoms with Crippen LogP contribution in [0.5, 0.6) is 0 Å². The first-order valence-electron chi connectivity index (χ1n) is 6.22. The number of nitrogens with zero attached hydrogens (tertiary/aromatic N) is 3. The van der Waals surface area contributed by atoms with Crippen LogP contribution in [0.3, 0.4) is 0 Å². The van der Waals surface area contributed by atoms with Gasteiger partial charge in [0, 0.05) is 31.7 Å². The van der Waals surface area contributed by atoms with E-state index in [1.807, 2.05) is 17.1 Å². The van der Waals surface area contributed by atoms with E-state index >= 15 is 0 Å². The molecule has 0 radical (unpaired) electrons. The van der Waals surface area contributed by atoms with E-state index in [-0.39, 0.29) is 0 Å². The van der Waals surface area contributed by atoms with Crippen molar-refractivity contribution in [1.29, 1.82) is 0 Å². The summed E-state index contributed by atoms with van der Waals surface area (Å²) in [5.41, 5.74) is 2.32. The van der Waals surface area contributed by atoms with Gasteiger partial charge in [-0.05, 0) is 19.1 Å². The second-order valence-corrected chi connectivity index (χ2v) is 4.12. The first-order chi connectivity index (χ1) is 8.83. The largest absolute Gasteiger partial charge is 0.383 e. The van der Waals surface area contributed by atoms with Crippen LogP contribution in [0.15, 0.2) is 30.7 Å². The van der Waals surface area contributed by atoms with Crippen molar-refractivity contribution in [1.82, 2.24) is 14.3 Å². The molecule has 0 unspecified atom stereocenters. The maximum Gasteiger partial charge on any atom is 0.0729 e. The third kappa shape index (κ3) is 3.13. The van der Waals surface area contributed by atoms with Crippen LogP contribution in [-0.2, 0) is 24.4 Å². The predicted molar refractivity (Wildman–Crippen MR) is 71.5 cm³/mol. The van der Waals surface area contributed by atoms with Crippen molar-refractivity contribution >= 4 is 5.69 Å². The standard InChI is InChI=1S/C13H20N4O/c1-3-16-6-4-5-13(16)10-14-12-9-15-17(11-12)7-8-18-2/h4-6,9,11,14H,3,7-8,10H2,1-2H3. The number of ether oxygens (including phenoxy) is 1. The molecule has 0 fully saturated rings. The van der Waals surface area contributed by atoms with Gasteiger partial charge >= 0.3 is 0 Å². The van der Waals surface area contributed by atoms with Crippen molar-refractivity contribution < 1.29 is 4.74 Å². The molecular formula is C13H20N4O. The van der Waals surface area contributed by atoms with E-state index in [1.165, 1.54) is 5.69 Å². The van der Waals surface area contributed by atoms with Gasteiger partial charge in [0.2, 0.25) is 0 Å². The van der Waals surface area contributed by atoms with Crippen LogP contribution in [-0.4, -0.2) is 28.1 Å². The fourth-order valence-corrected chi connectivity index (χ4v) is 1.87. The molecule has 0 aliphatic rings. The molecule has 0 saturated heterocycles. The van der Waals surface area contributed by atoms with Gasteiger partial charge in [0.15, 0.2) is 0 Å². The second kappa shape index (κ2) is 6.26. The van der Waals surface area contributed by atoms with Gasteiger partial charge in [-0.2, -0.15) is 5.10 Å². The Morgan fingerprint density at radius 2 is 2.33 bits per heavy atom. The Morgan fingerprint density at radius 3 is 3.11 bits per heavy atom. The molecule has 2 aromatic rings. The van der Waals surface area contributed by atoms with Crippen LogP contribution in [0.1, 0.15) is 12.6 Å². The van der Waals surface area contributed by atoms with Gasteiger partial charge in [0.05, 0.1) is 31.6 Å².